The van der Waals surface area contributed by atoms with Crippen LogP contribution in [0.25, 0.3) is 0 Å². The van der Waals surface area contributed by atoms with Crippen LogP contribution in [-0.4, -0.2) is 15.5 Å². The first-order valence-corrected chi connectivity index (χ1v) is 10.2. The molecule has 2 rings (SSSR count). The third-order valence-corrected chi connectivity index (χ3v) is 5.77. The standard InChI is InChI=1S/C20H26FNO3S/c1-13(2)17-11-18(14(3)10-20(17)25-5)15(4)22-26(23,24)12-16-8-6-7-9-19(16)21/h6-11,13,15,22H,12H2,1-5H3/t15-/m1/s1. The summed E-state index contributed by atoms with van der Waals surface area (Å²) in [4.78, 5) is 0. The molecule has 0 unspecified atom stereocenters. The number of rotatable bonds is 7. The van der Waals surface area contributed by atoms with Gasteiger partial charge in [0.1, 0.15) is 11.6 Å². The molecular formula is C20H26FNO3S. The molecule has 1 N–H and O–H groups in total. The molecule has 1 atom stereocenters. The Kier molecular flexibility index (Phi) is 6.42. The fourth-order valence-corrected chi connectivity index (χ4v) is 4.40. The highest BCUT2D eigenvalue weighted by Gasteiger charge is 2.21. The van der Waals surface area contributed by atoms with Gasteiger partial charge in [-0.15, -0.1) is 0 Å². The van der Waals surface area contributed by atoms with E-state index in [9.17, 15) is 12.8 Å². The van der Waals surface area contributed by atoms with E-state index in [1.54, 1.807) is 20.1 Å². The number of sulfonamides is 1. The molecule has 26 heavy (non-hydrogen) atoms. The van der Waals surface area contributed by atoms with Crippen LogP contribution in [0.1, 0.15) is 55.0 Å². The molecule has 2 aromatic rings. The van der Waals surface area contributed by atoms with Crippen molar-refractivity contribution in [2.45, 2.75) is 45.4 Å². The summed E-state index contributed by atoms with van der Waals surface area (Å²) < 4.78 is 46.8. The van der Waals surface area contributed by atoms with Crippen molar-refractivity contribution in [1.82, 2.24) is 4.72 Å². The number of benzene rings is 2. The number of aryl methyl sites for hydroxylation is 1. The molecule has 0 saturated carbocycles. The van der Waals surface area contributed by atoms with Crippen molar-refractivity contribution >= 4 is 10.0 Å². The minimum Gasteiger partial charge on any atom is -0.496 e. The van der Waals surface area contributed by atoms with Crippen LogP contribution in [0.3, 0.4) is 0 Å². The summed E-state index contributed by atoms with van der Waals surface area (Å²) in [6.45, 7) is 7.83. The Hall–Kier alpha value is -1.92. The van der Waals surface area contributed by atoms with Gasteiger partial charge in [-0.3, -0.25) is 0 Å². The zero-order valence-electron chi connectivity index (χ0n) is 15.8. The summed E-state index contributed by atoms with van der Waals surface area (Å²) >= 11 is 0. The Labute approximate surface area is 155 Å². The first kappa shape index (κ1) is 20.4. The molecule has 0 bridgehead atoms. The average molecular weight is 379 g/mol. The first-order chi connectivity index (χ1) is 12.1. The highest BCUT2D eigenvalue weighted by molar-refractivity contribution is 7.88. The van der Waals surface area contributed by atoms with Crippen molar-refractivity contribution in [3.8, 4) is 5.75 Å². The van der Waals surface area contributed by atoms with Crippen molar-refractivity contribution < 1.29 is 17.5 Å². The van der Waals surface area contributed by atoms with Crippen LogP contribution in [0.15, 0.2) is 36.4 Å². The third-order valence-electron chi connectivity index (χ3n) is 4.37. The van der Waals surface area contributed by atoms with Gasteiger partial charge in [-0.05, 0) is 54.7 Å². The van der Waals surface area contributed by atoms with E-state index in [0.717, 1.165) is 22.4 Å². The van der Waals surface area contributed by atoms with Crippen LogP contribution in [0.4, 0.5) is 4.39 Å². The van der Waals surface area contributed by atoms with Gasteiger partial charge in [0.25, 0.3) is 0 Å². The van der Waals surface area contributed by atoms with E-state index in [0.29, 0.717) is 0 Å². The number of methoxy groups -OCH3 is 1. The predicted octanol–water partition coefficient (Wildman–Crippen LogP) is 4.45. The van der Waals surface area contributed by atoms with Gasteiger partial charge in [0, 0.05) is 11.6 Å². The van der Waals surface area contributed by atoms with E-state index in [4.69, 9.17) is 4.74 Å². The molecule has 0 fully saturated rings. The largest absolute Gasteiger partial charge is 0.496 e. The maximum atomic E-state index is 13.8. The van der Waals surface area contributed by atoms with Crippen molar-refractivity contribution in [2.24, 2.45) is 0 Å². The second-order valence-electron chi connectivity index (χ2n) is 6.80. The van der Waals surface area contributed by atoms with Gasteiger partial charge in [-0.2, -0.15) is 0 Å². The molecule has 0 aromatic heterocycles. The molecule has 0 aliphatic rings. The second kappa shape index (κ2) is 8.18. The molecule has 6 heteroatoms. The molecule has 142 valence electrons. The zero-order valence-corrected chi connectivity index (χ0v) is 16.7. The Morgan fingerprint density at radius 1 is 1.12 bits per heavy atom. The van der Waals surface area contributed by atoms with Crippen LogP contribution in [0, 0.1) is 12.7 Å². The quantitative estimate of drug-likeness (QED) is 0.773. The first-order valence-electron chi connectivity index (χ1n) is 8.56. The van der Waals surface area contributed by atoms with Gasteiger partial charge in [0.05, 0.1) is 12.9 Å². The van der Waals surface area contributed by atoms with E-state index in [-0.39, 0.29) is 11.5 Å². The number of halogens is 1. The van der Waals surface area contributed by atoms with E-state index in [1.807, 2.05) is 19.1 Å². The van der Waals surface area contributed by atoms with Gasteiger partial charge in [0.2, 0.25) is 10.0 Å². The molecule has 0 radical (unpaired) electrons. The number of nitrogens with one attached hydrogen (secondary N) is 1. The lowest BCUT2D eigenvalue weighted by Crippen LogP contribution is -2.29. The van der Waals surface area contributed by atoms with Gasteiger partial charge in [0.15, 0.2) is 0 Å². The summed E-state index contributed by atoms with van der Waals surface area (Å²) in [5, 5.41) is 0. The lowest BCUT2D eigenvalue weighted by atomic mass is 9.94. The number of ether oxygens (including phenoxy) is 1. The van der Waals surface area contributed by atoms with E-state index in [1.165, 1.54) is 18.2 Å². The topological polar surface area (TPSA) is 55.4 Å². The van der Waals surface area contributed by atoms with E-state index < -0.39 is 27.6 Å². The molecule has 4 nitrogen and oxygen atoms in total. The molecule has 2 aromatic carbocycles. The summed E-state index contributed by atoms with van der Waals surface area (Å²) in [6.07, 6.45) is 0. The van der Waals surface area contributed by atoms with Crippen LogP contribution in [0.2, 0.25) is 0 Å². The van der Waals surface area contributed by atoms with Crippen LogP contribution < -0.4 is 9.46 Å². The fourth-order valence-electron chi connectivity index (χ4n) is 3.00. The van der Waals surface area contributed by atoms with Crippen LogP contribution in [-0.2, 0) is 15.8 Å². The molecule has 0 heterocycles. The lowest BCUT2D eigenvalue weighted by molar-refractivity contribution is 0.406. The van der Waals surface area contributed by atoms with Gasteiger partial charge in [-0.25, -0.2) is 17.5 Å². The van der Waals surface area contributed by atoms with Gasteiger partial charge in [-0.1, -0.05) is 32.0 Å². The maximum absolute atomic E-state index is 13.8. The third kappa shape index (κ3) is 4.83. The molecule has 0 saturated heterocycles. The SMILES string of the molecule is COc1cc(C)c([C@@H](C)NS(=O)(=O)Cc2ccccc2F)cc1C(C)C. The van der Waals surface area contributed by atoms with E-state index in [2.05, 4.69) is 18.6 Å². The summed E-state index contributed by atoms with van der Waals surface area (Å²) in [6, 6.07) is 9.37. The Bertz CT molecular complexity index is 879. The van der Waals surface area contributed by atoms with Gasteiger partial charge < -0.3 is 4.74 Å². The molecular weight excluding hydrogens is 353 g/mol. The molecule has 0 amide bonds. The van der Waals surface area contributed by atoms with Gasteiger partial charge >= 0.3 is 0 Å². The van der Waals surface area contributed by atoms with Crippen LogP contribution >= 0.6 is 0 Å². The minimum absolute atomic E-state index is 0.154. The second-order valence-corrected chi connectivity index (χ2v) is 8.55. The summed E-state index contributed by atoms with van der Waals surface area (Å²) in [5.41, 5.74) is 2.99. The maximum Gasteiger partial charge on any atom is 0.216 e. The normalized spacial score (nSPS) is 13.0. The Morgan fingerprint density at radius 3 is 2.35 bits per heavy atom. The monoisotopic (exact) mass is 379 g/mol. The highest BCUT2D eigenvalue weighted by atomic mass is 32.2. The lowest BCUT2D eigenvalue weighted by Gasteiger charge is -2.21. The van der Waals surface area contributed by atoms with E-state index >= 15 is 0 Å². The Balaban J connectivity index is 2.27. The number of hydrogen-bond donors (Lipinski definition) is 1. The Morgan fingerprint density at radius 2 is 1.77 bits per heavy atom. The van der Waals surface area contributed by atoms with Crippen molar-refractivity contribution in [3.63, 3.8) is 0 Å². The molecule has 0 aliphatic heterocycles. The smallest absolute Gasteiger partial charge is 0.216 e. The zero-order chi connectivity index (χ0) is 19.5. The molecule has 0 aliphatic carbocycles. The average Bonchev–Trinajstić information content (AvgIpc) is 2.55. The summed E-state index contributed by atoms with van der Waals surface area (Å²) in [7, 11) is -2.07. The number of hydrogen-bond acceptors (Lipinski definition) is 3. The predicted molar refractivity (Wildman–Crippen MR) is 102 cm³/mol. The minimum atomic E-state index is -3.69. The van der Waals surface area contributed by atoms with Crippen molar-refractivity contribution in [3.05, 3.63) is 64.5 Å². The fraction of sp³-hybridized carbons (Fsp3) is 0.400. The van der Waals surface area contributed by atoms with Crippen LogP contribution in [0.5, 0.6) is 5.75 Å². The summed E-state index contributed by atoms with van der Waals surface area (Å²) in [5.74, 6) is 0.124. The van der Waals surface area contributed by atoms with Crippen molar-refractivity contribution in [2.75, 3.05) is 7.11 Å². The molecule has 0 spiro atoms. The van der Waals surface area contributed by atoms with Crippen molar-refractivity contribution in [1.29, 1.82) is 0 Å². The highest BCUT2D eigenvalue weighted by Crippen LogP contribution is 2.32.